The van der Waals surface area contributed by atoms with Crippen molar-refractivity contribution in [3.8, 4) is 0 Å². The van der Waals surface area contributed by atoms with Crippen molar-refractivity contribution in [2.45, 2.75) is 25.4 Å². The Hall–Kier alpha value is -0.0200. The maximum Gasteiger partial charge on any atom is 0.0634 e. The third kappa shape index (κ3) is 4.01. The van der Waals surface area contributed by atoms with E-state index in [1.165, 1.54) is 12.8 Å². The summed E-state index contributed by atoms with van der Waals surface area (Å²) in [7, 11) is 0. The summed E-state index contributed by atoms with van der Waals surface area (Å²) in [5, 5.41) is 4.16. The Morgan fingerprint density at radius 2 is 2.14 bits per heavy atom. The molecule has 1 fully saturated rings. The monoisotopic (exact) mass is 254 g/mol. The molecule has 2 rings (SSSR count). The summed E-state index contributed by atoms with van der Waals surface area (Å²) in [4.78, 5) is 3.93. The summed E-state index contributed by atoms with van der Waals surface area (Å²) in [6, 6.07) is 2.69. The number of rotatable bonds is 3. The van der Waals surface area contributed by atoms with Crippen LogP contribution in [0, 0.1) is 0 Å². The molecule has 5 heteroatoms. The Morgan fingerprint density at radius 3 is 2.71 bits per heavy atom. The smallest absolute Gasteiger partial charge is 0.0634 e. The van der Waals surface area contributed by atoms with Crippen LogP contribution >= 0.6 is 36.4 Å². The highest BCUT2D eigenvalue weighted by atomic mass is 35.5. The summed E-state index contributed by atoms with van der Waals surface area (Å²) >= 11 is 5.93. The van der Waals surface area contributed by atoms with Gasteiger partial charge in [0, 0.05) is 25.0 Å². The Balaban J connectivity index is 0.000000845. The zero-order chi connectivity index (χ0) is 8.39. The fourth-order valence-corrected chi connectivity index (χ4v) is 1.28. The quantitative estimate of drug-likeness (QED) is 0.898. The van der Waals surface area contributed by atoms with E-state index in [2.05, 4.69) is 10.3 Å². The predicted molar refractivity (Wildman–Crippen MR) is 63.6 cm³/mol. The fraction of sp³-hybridized carbons (Fsp3) is 0.444. The Kier molecular flexibility index (Phi) is 6.45. The number of halogens is 3. The Bertz CT molecular complexity index is 277. The zero-order valence-corrected chi connectivity index (χ0v) is 9.96. The third-order valence-corrected chi connectivity index (χ3v) is 2.36. The number of nitrogens with one attached hydrogen (secondary N) is 1. The lowest BCUT2D eigenvalue weighted by Gasteiger charge is -2.03. The van der Waals surface area contributed by atoms with Crippen molar-refractivity contribution in [2.75, 3.05) is 0 Å². The highest BCUT2D eigenvalue weighted by Crippen LogP contribution is 2.20. The molecule has 14 heavy (non-hydrogen) atoms. The van der Waals surface area contributed by atoms with Crippen LogP contribution in [-0.4, -0.2) is 11.0 Å². The molecule has 0 radical (unpaired) electrons. The lowest BCUT2D eigenvalue weighted by Crippen LogP contribution is -2.15. The van der Waals surface area contributed by atoms with Gasteiger partial charge < -0.3 is 5.32 Å². The summed E-state index contributed by atoms with van der Waals surface area (Å²) in [5.41, 5.74) is 1.14. The molecular weight excluding hydrogens is 242 g/mol. The van der Waals surface area contributed by atoms with Gasteiger partial charge in [0.25, 0.3) is 0 Å². The highest BCUT2D eigenvalue weighted by molar-refractivity contribution is 6.31. The van der Waals surface area contributed by atoms with Crippen molar-refractivity contribution in [3.63, 3.8) is 0 Å². The van der Waals surface area contributed by atoms with E-state index in [-0.39, 0.29) is 24.8 Å². The van der Waals surface area contributed by atoms with Gasteiger partial charge in [-0.1, -0.05) is 11.6 Å². The summed E-state index contributed by atoms with van der Waals surface area (Å²) < 4.78 is 0. The van der Waals surface area contributed by atoms with Crippen LogP contribution in [0.3, 0.4) is 0 Å². The minimum atomic E-state index is 0. The summed E-state index contributed by atoms with van der Waals surface area (Å²) in [6.45, 7) is 0.867. The average molecular weight is 256 g/mol. The van der Waals surface area contributed by atoms with Crippen molar-refractivity contribution in [2.24, 2.45) is 0 Å². The molecule has 1 saturated carbocycles. The molecule has 0 bridgehead atoms. The molecule has 1 N–H and O–H groups in total. The highest BCUT2D eigenvalue weighted by Gasteiger charge is 2.20. The molecule has 0 spiro atoms. The van der Waals surface area contributed by atoms with Gasteiger partial charge in [-0.15, -0.1) is 24.8 Å². The van der Waals surface area contributed by atoms with Crippen molar-refractivity contribution in [3.05, 3.63) is 29.0 Å². The molecule has 1 aromatic rings. The van der Waals surface area contributed by atoms with Crippen molar-refractivity contribution < 1.29 is 0 Å². The Labute approximate surface area is 101 Å². The van der Waals surface area contributed by atoms with Crippen LogP contribution in [-0.2, 0) is 6.54 Å². The molecule has 0 saturated heterocycles. The van der Waals surface area contributed by atoms with Crippen molar-refractivity contribution in [1.82, 2.24) is 10.3 Å². The zero-order valence-electron chi connectivity index (χ0n) is 7.57. The first kappa shape index (κ1) is 14.0. The SMILES string of the molecule is Cl.Cl.Clc1cnccc1CNC1CC1. The molecule has 2 nitrogen and oxygen atoms in total. The first-order valence-electron chi connectivity index (χ1n) is 4.18. The molecular formula is C9H13Cl3N2. The van der Waals surface area contributed by atoms with Gasteiger partial charge in [-0.25, -0.2) is 0 Å². The van der Waals surface area contributed by atoms with Crippen LogP contribution in [0.15, 0.2) is 18.5 Å². The summed E-state index contributed by atoms with van der Waals surface area (Å²) in [6.07, 6.45) is 6.08. The lowest BCUT2D eigenvalue weighted by molar-refractivity contribution is 0.687. The van der Waals surface area contributed by atoms with E-state index in [4.69, 9.17) is 11.6 Å². The van der Waals surface area contributed by atoms with Gasteiger partial charge in [0.1, 0.15) is 0 Å². The number of hydrogen-bond acceptors (Lipinski definition) is 2. The maximum absolute atomic E-state index is 5.93. The van der Waals surface area contributed by atoms with Gasteiger partial charge in [-0.2, -0.15) is 0 Å². The van der Waals surface area contributed by atoms with Gasteiger partial charge in [-0.3, -0.25) is 4.98 Å². The first-order valence-corrected chi connectivity index (χ1v) is 4.56. The topological polar surface area (TPSA) is 24.9 Å². The van der Waals surface area contributed by atoms with Crippen LogP contribution < -0.4 is 5.32 Å². The van der Waals surface area contributed by atoms with Crippen LogP contribution in [0.25, 0.3) is 0 Å². The van der Waals surface area contributed by atoms with E-state index in [9.17, 15) is 0 Å². The van der Waals surface area contributed by atoms with Gasteiger partial charge in [0.05, 0.1) is 5.02 Å². The molecule has 1 heterocycles. The summed E-state index contributed by atoms with van der Waals surface area (Å²) in [5.74, 6) is 0. The fourth-order valence-electron chi connectivity index (χ4n) is 1.09. The van der Waals surface area contributed by atoms with E-state index in [0.717, 1.165) is 23.2 Å². The molecule has 0 amide bonds. The second kappa shape index (κ2) is 6.46. The van der Waals surface area contributed by atoms with Crippen LogP contribution in [0.2, 0.25) is 5.02 Å². The minimum Gasteiger partial charge on any atom is -0.310 e. The van der Waals surface area contributed by atoms with Crippen molar-refractivity contribution >= 4 is 36.4 Å². The van der Waals surface area contributed by atoms with Gasteiger partial charge in [0.15, 0.2) is 0 Å². The maximum atomic E-state index is 5.93. The molecule has 1 aliphatic rings. The minimum absolute atomic E-state index is 0. The Morgan fingerprint density at radius 1 is 1.43 bits per heavy atom. The third-order valence-electron chi connectivity index (χ3n) is 2.01. The van der Waals surface area contributed by atoms with Crippen LogP contribution in [0.5, 0.6) is 0 Å². The second-order valence-corrected chi connectivity index (χ2v) is 3.53. The second-order valence-electron chi connectivity index (χ2n) is 3.12. The average Bonchev–Trinajstić information content (AvgIpc) is 2.86. The normalized spacial score (nSPS) is 14.1. The van der Waals surface area contributed by atoms with E-state index < -0.39 is 0 Å². The van der Waals surface area contributed by atoms with E-state index in [1.807, 2.05) is 6.07 Å². The lowest BCUT2D eigenvalue weighted by atomic mass is 10.2. The number of hydrogen-bond donors (Lipinski definition) is 1. The molecule has 80 valence electrons. The van der Waals surface area contributed by atoms with Crippen molar-refractivity contribution in [1.29, 1.82) is 0 Å². The molecule has 1 aliphatic carbocycles. The standard InChI is InChI=1S/C9H11ClN2.2ClH/c10-9-6-11-4-3-7(9)5-12-8-1-2-8;;/h3-4,6,8,12H,1-2,5H2;2*1H. The molecule has 0 unspecified atom stereocenters. The van der Waals surface area contributed by atoms with Crippen LogP contribution in [0.1, 0.15) is 18.4 Å². The number of aromatic nitrogens is 1. The van der Waals surface area contributed by atoms with Crippen LogP contribution in [0.4, 0.5) is 0 Å². The number of pyridine rings is 1. The molecule has 0 atom stereocenters. The molecule has 0 aromatic carbocycles. The van der Waals surface area contributed by atoms with Gasteiger partial charge >= 0.3 is 0 Å². The first-order chi connectivity index (χ1) is 5.86. The predicted octanol–water partition coefficient (Wildman–Crippen LogP) is 2.83. The van der Waals surface area contributed by atoms with Gasteiger partial charge in [-0.05, 0) is 24.5 Å². The largest absolute Gasteiger partial charge is 0.310 e. The van der Waals surface area contributed by atoms with E-state index >= 15 is 0 Å². The van der Waals surface area contributed by atoms with Gasteiger partial charge in [0.2, 0.25) is 0 Å². The van der Waals surface area contributed by atoms with E-state index in [1.54, 1.807) is 12.4 Å². The molecule has 1 aromatic heterocycles. The number of nitrogens with zero attached hydrogens (tertiary/aromatic N) is 1. The van der Waals surface area contributed by atoms with E-state index in [0.29, 0.717) is 0 Å². The molecule has 0 aliphatic heterocycles.